The van der Waals surface area contributed by atoms with Gasteiger partial charge in [0.2, 0.25) is 0 Å². The van der Waals surface area contributed by atoms with E-state index in [1.54, 1.807) is 36.4 Å². The van der Waals surface area contributed by atoms with E-state index in [2.05, 4.69) is 5.32 Å². The second kappa shape index (κ2) is 10.6. The highest BCUT2D eigenvalue weighted by Crippen LogP contribution is 2.40. The van der Waals surface area contributed by atoms with Crippen LogP contribution in [-0.2, 0) is 11.2 Å². The number of rotatable bonds is 8. The summed E-state index contributed by atoms with van der Waals surface area (Å²) in [6, 6.07) is 16.1. The van der Waals surface area contributed by atoms with Gasteiger partial charge in [-0.25, -0.2) is 13.6 Å². The van der Waals surface area contributed by atoms with Crippen LogP contribution in [0.15, 0.2) is 66.7 Å². The van der Waals surface area contributed by atoms with Crippen LogP contribution in [0.2, 0.25) is 10.0 Å². The van der Waals surface area contributed by atoms with Gasteiger partial charge in [0, 0.05) is 18.1 Å². The normalized spacial score (nSPS) is 13.8. The Hall–Kier alpha value is -3.68. The molecule has 0 unspecified atom stereocenters. The molecule has 1 saturated carbocycles. The fourth-order valence-electron chi connectivity index (χ4n) is 4.34. The number of carboxylic acids is 1. The Morgan fingerprint density at radius 2 is 1.58 bits per heavy atom. The minimum absolute atomic E-state index is 0.0104. The Bertz CT molecular complexity index is 1550. The lowest BCUT2D eigenvalue weighted by Gasteiger charge is -2.19. The molecule has 1 aliphatic carbocycles. The number of aliphatic carboxylic acids is 1. The van der Waals surface area contributed by atoms with E-state index < -0.39 is 29.6 Å². The molecule has 0 bridgehead atoms. The molecule has 1 amide bonds. The van der Waals surface area contributed by atoms with Gasteiger partial charge in [0.05, 0.1) is 21.7 Å². The summed E-state index contributed by atoms with van der Waals surface area (Å²) in [5.74, 6) is -3.70. The van der Waals surface area contributed by atoms with E-state index >= 15 is 0 Å². The number of fused-ring (bicyclic) bond motifs is 1. The molecule has 9 heteroatoms. The van der Waals surface area contributed by atoms with Crippen molar-refractivity contribution in [2.45, 2.75) is 31.4 Å². The first-order valence-corrected chi connectivity index (χ1v) is 12.6. The van der Waals surface area contributed by atoms with Crippen LogP contribution in [-0.4, -0.2) is 29.1 Å². The van der Waals surface area contributed by atoms with Crippen LogP contribution in [0.5, 0.6) is 5.75 Å². The number of amides is 1. The van der Waals surface area contributed by atoms with Crippen LogP contribution < -0.4 is 10.1 Å². The highest BCUT2D eigenvalue weighted by atomic mass is 35.5. The largest absolute Gasteiger partial charge is 0.490 e. The molecule has 0 heterocycles. The molecule has 194 valence electrons. The summed E-state index contributed by atoms with van der Waals surface area (Å²) < 4.78 is 34.2. The molecule has 2 N–H and O–H groups in total. The second-order valence-electron chi connectivity index (χ2n) is 9.06. The third kappa shape index (κ3) is 5.30. The standard InChI is InChI=1S/C29H21Cl2F2NO4/c30-21-6-3-7-22(31)27(21)28(35)34-25(29(36)37)12-15-8-11-19(18-5-2-1-4-17(15)18)20-13-23(32)24(33)14-26(20)38-16-9-10-16/h1-8,11,13-14,16,25H,9-10,12H2,(H,34,35)(H,36,37)/t25-/m0/s1. The Balaban J connectivity index is 1.52. The minimum atomic E-state index is -1.29. The summed E-state index contributed by atoms with van der Waals surface area (Å²) in [7, 11) is 0. The highest BCUT2D eigenvalue weighted by Gasteiger charge is 2.27. The topological polar surface area (TPSA) is 75.6 Å². The number of nitrogens with one attached hydrogen (secondary N) is 1. The Labute approximate surface area is 226 Å². The van der Waals surface area contributed by atoms with E-state index in [9.17, 15) is 23.5 Å². The van der Waals surface area contributed by atoms with E-state index in [0.717, 1.165) is 25.0 Å². The first kappa shape index (κ1) is 25.9. The molecule has 5 nitrogen and oxygen atoms in total. The molecule has 0 spiro atoms. The molecule has 0 aromatic heterocycles. The van der Waals surface area contributed by atoms with Crippen molar-refractivity contribution in [3.8, 4) is 16.9 Å². The summed E-state index contributed by atoms with van der Waals surface area (Å²) >= 11 is 12.2. The number of carboxylic acid groups (broad SMARTS) is 1. The molecule has 38 heavy (non-hydrogen) atoms. The van der Waals surface area contributed by atoms with Gasteiger partial charge in [-0.2, -0.15) is 0 Å². The number of carbonyl (C=O) groups is 2. The maximum atomic E-state index is 14.3. The molecule has 0 saturated heterocycles. The van der Waals surface area contributed by atoms with E-state index in [1.807, 2.05) is 6.07 Å². The van der Waals surface area contributed by atoms with Gasteiger partial charge in [-0.1, -0.05) is 65.7 Å². The molecular weight excluding hydrogens is 535 g/mol. The van der Waals surface area contributed by atoms with Gasteiger partial charge in [0.15, 0.2) is 11.6 Å². The van der Waals surface area contributed by atoms with E-state index in [1.165, 1.54) is 12.1 Å². The van der Waals surface area contributed by atoms with Gasteiger partial charge in [-0.05, 0) is 52.9 Å². The van der Waals surface area contributed by atoms with Gasteiger partial charge in [0.1, 0.15) is 11.8 Å². The Morgan fingerprint density at radius 1 is 0.921 bits per heavy atom. The van der Waals surface area contributed by atoms with E-state index in [-0.39, 0.29) is 33.9 Å². The number of carbonyl (C=O) groups excluding carboxylic acids is 1. The molecular formula is C29H21Cl2F2NO4. The number of hydrogen-bond acceptors (Lipinski definition) is 3. The molecule has 5 rings (SSSR count). The van der Waals surface area contributed by atoms with Gasteiger partial charge in [-0.3, -0.25) is 4.79 Å². The minimum Gasteiger partial charge on any atom is -0.490 e. The fraction of sp³-hybridized carbons (Fsp3) is 0.172. The summed E-state index contributed by atoms with van der Waals surface area (Å²) in [6.07, 6.45) is 1.61. The van der Waals surface area contributed by atoms with Crippen molar-refractivity contribution in [3.63, 3.8) is 0 Å². The quantitative estimate of drug-likeness (QED) is 0.244. The van der Waals surface area contributed by atoms with Crippen LogP contribution in [0.25, 0.3) is 21.9 Å². The average Bonchev–Trinajstić information content (AvgIpc) is 3.70. The molecule has 4 aromatic carbocycles. The molecule has 4 aromatic rings. The van der Waals surface area contributed by atoms with Crippen LogP contribution in [0.1, 0.15) is 28.8 Å². The summed E-state index contributed by atoms with van der Waals surface area (Å²) in [6.45, 7) is 0. The first-order chi connectivity index (χ1) is 18.2. The molecule has 1 atom stereocenters. The number of benzene rings is 4. The number of hydrogen-bond donors (Lipinski definition) is 2. The van der Waals surface area contributed by atoms with Crippen molar-refractivity contribution in [2.75, 3.05) is 0 Å². The molecule has 1 aliphatic rings. The van der Waals surface area contributed by atoms with Gasteiger partial charge >= 0.3 is 5.97 Å². The van der Waals surface area contributed by atoms with Crippen molar-refractivity contribution in [2.24, 2.45) is 0 Å². The van der Waals surface area contributed by atoms with Crippen molar-refractivity contribution in [1.29, 1.82) is 0 Å². The smallest absolute Gasteiger partial charge is 0.326 e. The SMILES string of the molecule is O=C(N[C@@H](Cc1ccc(-c2cc(F)c(F)cc2OC2CC2)c2ccccc12)C(=O)O)c1c(Cl)cccc1Cl. The Kier molecular flexibility index (Phi) is 7.23. The predicted molar refractivity (Wildman–Crippen MR) is 142 cm³/mol. The predicted octanol–water partition coefficient (Wildman–Crippen LogP) is 7.06. The first-order valence-electron chi connectivity index (χ1n) is 11.9. The van der Waals surface area contributed by atoms with Crippen molar-refractivity contribution >= 4 is 45.9 Å². The zero-order valence-electron chi connectivity index (χ0n) is 19.8. The number of halogens is 4. The van der Waals surface area contributed by atoms with Crippen molar-refractivity contribution in [3.05, 3.63) is 99.5 Å². The maximum Gasteiger partial charge on any atom is 0.326 e. The van der Waals surface area contributed by atoms with Crippen LogP contribution >= 0.6 is 23.2 Å². The average molecular weight is 556 g/mol. The number of ether oxygens (including phenoxy) is 1. The third-order valence-corrected chi connectivity index (χ3v) is 6.99. The Morgan fingerprint density at radius 3 is 2.24 bits per heavy atom. The molecule has 1 fully saturated rings. The zero-order chi connectivity index (χ0) is 27.0. The van der Waals surface area contributed by atoms with Crippen LogP contribution in [0.4, 0.5) is 8.78 Å². The monoisotopic (exact) mass is 555 g/mol. The summed E-state index contributed by atoms with van der Waals surface area (Å²) in [4.78, 5) is 25.0. The maximum absolute atomic E-state index is 14.3. The molecule has 0 aliphatic heterocycles. The van der Waals surface area contributed by atoms with Gasteiger partial charge in [-0.15, -0.1) is 0 Å². The lowest BCUT2D eigenvalue weighted by molar-refractivity contribution is -0.139. The van der Waals surface area contributed by atoms with E-state index in [0.29, 0.717) is 27.5 Å². The zero-order valence-corrected chi connectivity index (χ0v) is 21.3. The van der Waals surface area contributed by atoms with Crippen LogP contribution in [0.3, 0.4) is 0 Å². The van der Waals surface area contributed by atoms with Crippen LogP contribution in [0, 0.1) is 11.6 Å². The van der Waals surface area contributed by atoms with Gasteiger partial charge in [0.25, 0.3) is 5.91 Å². The highest BCUT2D eigenvalue weighted by molar-refractivity contribution is 6.39. The second-order valence-corrected chi connectivity index (χ2v) is 9.88. The summed E-state index contributed by atoms with van der Waals surface area (Å²) in [5, 5.41) is 14.0. The third-order valence-electron chi connectivity index (χ3n) is 6.36. The lowest BCUT2D eigenvalue weighted by atomic mass is 9.92. The summed E-state index contributed by atoms with van der Waals surface area (Å²) in [5.41, 5.74) is 1.63. The van der Waals surface area contributed by atoms with Gasteiger partial charge < -0.3 is 15.2 Å². The molecule has 0 radical (unpaired) electrons. The van der Waals surface area contributed by atoms with Crippen molar-refractivity contribution < 1.29 is 28.2 Å². The fourth-order valence-corrected chi connectivity index (χ4v) is 4.91. The van der Waals surface area contributed by atoms with Crippen molar-refractivity contribution in [1.82, 2.24) is 5.32 Å². The van der Waals surface area contributed by atoms with E-state index in [4.69, 9.17) is 27.9 Å². The lowest BCUT2D eigenvalue weighted by Crippen LogP contribution is -2.42.